The lowest BCUT2D eigenvalue weighted by Crippen LogP contribution is -2.60. The first-order valence-corrected chi connectivity index (χ1v) is 5.81. The summed E-state index contributed by atoms with van der Waals surface area (Å²) in [4.78, 5) is 13.8. The van der Waals surface area contributed by atoms with Crippen LogP contribution in [0.1, 0.15) is 20.8 Å². The molecule has 1 fully saturated rings. The van der Waals surface area contributed by atoms with E-state index in [-0.39, 0.29) is 23.7 Å². The number of rotatable bonds is 4. The number of nitrogens with one attached hydrogen (secondary N) is 1. The topological polar surface area (TPSA) is 76.8 Å². The molecule has 6 nitrogen and oxygen atoms in total. The van der Waals surface area contributed by atoms with Gasteiger partial charge in [0.05, 0.1) is 18.3 Å². The molecule has 1 saturated heterocycles. The number of hydrogen-bond acceptors (Lipinski definition) is 5. The third-order valence-corrected chi connectivity index (χ3v) is 2.81. The van der Waals surface area contributed by atoms with Gasteiger partial charge in [0, 0.05) is 20.2 Å². The summed E-state index contributed by atoms with van der Waals surface area (Å²) in [7, 11) is 1.58. The second kappa shape index (κ2) is 5.77. The predicted molar refractivity (Wildman–Crippen MR) is 64.2 cm³/mol. The van der Waals surface area contributed by atoms with Gasteiger partial charge in [-0.25, -0.2) is 5.84 Å². The fourth-order valence-corrected chi connectivity index (χ4v) is 2.34. The largest absolute Gasteiger partial charge is 0.383 e. The Morgan fingerprint density at radius 3 is 2.82 bits per heavy atom. The van der Waals surface area contributed by atoms with E-state index >= 15 is 0 Å². The van der Waals surface area contributed by atoms with E-state index < -0.39 is 0 Å². The average Bonchev–Trinajstić information content (AvgIpc) is 2.22. The Bertz CT molecular complexity index is 271. The van der Waals surface area contributed by atoms with Gasteiger partial charge in [0.15, 0.2) is 0 Å². The molecule has 0 spiro atoms. The summed E-state index contributed by atoms with van der Waals surface area (Å²) in [5.41, 5.74) is 1.92. The monoisotopic (exact) mass is 245 g/mol. The first-order chi connectivity index (χ1) is 7.89. The van der Waals surface area contributed by atoms with E-state index in [0.29, 0.717) is 19.7 Å². The van der Waals surface area contributed by atoms with Gasteiger partial charge in [-0.3, -0.25) is 15.1 Å². The van der Waals surface area contributed by atoms with E-state index in [2.05, 4.69) is 10.3 Å². The first-order valence-electron chi connectivity index (χ1n) is 5.81. The van der Waals surface area contributed by atoms with Crippen LogP contribution in [0.25, 0.3) is 0 Å². The fraction of sp³-hybridized carbons (Fsp3) is 0.909. The summed E-state index contributed by atoms with van der Waals surface area (Å²) in [6, 6.07) is -0.365. The zero-order valence-electron chi connectivity index (χ0n) is 11.0. The van der Waals surface area contributed by atoms with E-state index in [4.69, 9.17) is 15.3 Å². The summed E-state index contributed by atoms with van der Waals surface area (Å²) in [6.45, 7) is 7.73. The van der Waals surface area contributed by atoms with Crippen LogP contribution in [0.3, 0.4) is 0 Å². The highest BCUT2D eigenvalue weighted by Crippen LogP contribution is 2.22. The lowest BCUT2D eigenvalue weighted by atomic mass is 10.0. The van der Waals surface area contributed by atoms with Gasteiger partial charge in [-0.1, -0.05) is 0 Å². The first kappa shape index (κ1) is 14.4. The fourth-order valence-electron chi connectivity index (χ4n) is 2.34. The second-order valence-corrected chi connectivity index (χ2v) is 5.10. The Morgan fingerprint density at radius 1 is 1.71 bits per heavy atom. The molecule has 0 aromatic rings. The number of amides is 1. The van der Waals surface area contributed by atoms with Crippen molar-refractivity contribution in [2.75, 3.05) is 26.8 Å². The maximum atomic E-state index is 11.7. The summed E-state index contributed by atoms with van der Waals surface area (Å²) in [5, 5.41) is 0. The van der Waals surface area contributed by atoms with Crippen molar-refractivity contribution in [3.63, 3.8) is 0 Å². The minimum Gasteiger partial charge on any atom is -0.383 e. The number of hydrazine groups is 1. The van der Waals surface area contributed by atoms with Crippen LogP contribution in [0.15, 0.2) is 0 Å². The Balaban J connectivity index is 2.76. The minimum atomic E-state index is -0.365. The Labute approximate surface area is 102 Å². The highest BCUT2D eigenvalue weighted by Gasteiger charge is 2.37. The number of nitrogens with zero attached hydrogens (tertiary/aromatic N) is 1. The minimum absolute atomic E-state index is 0.0867. The third kappa shape index (κ3) is 3.92. The Hall–Kier alpha value is -0.690. The molecule has 6 heteroatoms. The van der Waals surface area contributed by atoms with Crippen LogP contribution in [-0.2, 0) is 14.3 Å². The second-order valence-electron chi connectivity index (χ2n) is 5.10. The number of morpholine rings is 1. The molecule has 1 aliphatic rings. The summed E-state index contributed by atoms with van der Waals surface area (Å²) < 4.78 is 10.9. The van der Waals surface area contributed by atoms with Crippen LogP contribution in [0.5, 0.6) is 0 Å². The molecular weight excluding hydrogens is 222 g/mol. The number of carbonyl (C=O) groups excluding carboxylic acids is 1. The van der Waals surface area contributed by atoms with Gasteiger partial charge in [-0.15, -0.1) is 0 Å². The molecule has 0 bridgehead atoms. The highest BCUT2D eigenvalue weighted by molar-refractivity contribution is 5.81. The van der Waals surface area contributed by atoms with Gasteiger partial charge in [-0.05, 0) is 20.8 Å². The van der Waals surface area contributed by atoms with E-state index in [1.54, 1.807) is 7.11 Å². The summed E-state index contributed by atoms with van der Waals surface area (Å²) in [6.07, 6.45) is 0.0867. The van der Waals surface area contributed by atoms with Gasteiger partial charge in [0.1, 0.15) is 6.04 Å². The lowest BCUT2D eigenvalue weighted by molar-refractivity contribution is -0.153. The zero-order chi connectivity index (χ0) is 13.1. The molecule has 1 amide bonds. The molecule has 1 rings (SSSR count). The maximum absolute atomic E-state index is 11.7. The molecular formula is C11H23N3O3. The molecule has 0 aliphatic carbocycles. The Kier molecular flexibility index (Phi) is 4.88. The average molecular weight is 245 g/mol. The number of methoxy groups -OCH3 is 1. The summed E-state index contributed by atoms with van der Waals surface area (Å²) >= 11 is 0. The van der Waals surface area contributed by atoms with Crippen LogP contribution >= 0.6 is 0 Å². The third-order valence-electron chi connectivity index (χ3n) is 2.81. The van der Waals surface area contributed by atoms with E-state index in [1.165, 1.54) is 0 Å². The SMILES string of the molecule is COCC(C(=O)NN)N1CC(C)OC(C)(C)C1. The predicted octanol–water partition coefficient (Wildman–Crippen LogP) is -0.509. The van der Waals surface area contributed by atoms with Crippen molar-refractivity contribution in [1.82, 2.24) is 10.3 Å². The van der Waals surface area contributed by atoms with Crippen molar-refractivity contribution in [3.05, 3.63) is 0 Å². The van der Waals surface area contributed by atoms with Crippen molar-refractivity contribution in [1.29, 1.82) is 0 Å². The van der Waals surface area contributed by atoms with Crippen LogP contribution in [0.2, 0.25) is 0 Å². The van der Waals surface area contributed by atoms with Crippen molar-refractivity contribution in [3.8, 4) is 0 Å². The normalized spacial score (nSPS) is 26.5. The molecule has 0 radical (unpaired) electrons. The van der Waals surface area contributed by atoms with Gasteiger partial charge < -0.3 is 9.47 Å². The number of carbonyl (C=O) groups is 1. The van der Waals surface area contributed by atoms with Crippen LogP contribution in [-0.4, -0.2) is 55.4 Å². The van der Waals surface area contributed by atoms with E-state index in [0.717, 1.165) is 0 Å². The van der Waals surface area contributed by atoms with Gasteiger partial charge in [-0.2, -0.15) is 0 Å². The maximum Gasteiger partial charge on any atom is 0.253 e. The quantitative estimate of drug-likeness (QED) is 0.396. The van der Waals surface area contributed by atoms with E-state index in [9.17, 15) is 4.79 Å². The van der Waals surface area contributed by atoms with Crippen molar-refractivity contribution < 1.29 is 14.3 Å². The molecule has 1 heterocycles. The van der Waals surface area contributed by atoms with Crippen molar-refractivity contribution >= 4 is 5.91 Å². The van der Waals surface area contributed by atoms with E-state index in [1.807, 2.05) is 20.8 Å². The smallest absolute Gasteiger partial charge is 0.253 e. The van der Waals surface area contributed by atoms with Crippen LogP contribution < -0.4 is 11.3 Å². The van der Waals surface area contributed by atoms with Gasteiger partial charge in [0.2, 0.25) is 0 Å². The standard InChI is InChI=1S/C11H23N3O3/c1-8-5-14(7-11(2,3)17-8)9(6-16-4)10(15)13-12/h8-9H,5-7,12H2,1-4H3,(H,13,15). The van der Waals surface area contributed by atoms with Crippen molar-refractivity contribution in [2.24, 2.45) is 5.84 Å². The van der Waals surface area contributed by atoms with Gasteiger partial charge in [0.25, 0.3) is 5.91 Å². The molecule has 2 atom stereocenters. The lowest BCUT2D eigenvalue weighted by Gasteiger charge is -2.44. The molecule has 2 unspecified atom stereocenters. The molecule has 0 aromatic heterocycles. The molecule has 100 valence electrons. The Morgan fingerprint density at radius 2 is 2.35 bits per heavy atom. The molecule has 17 heavy (non-hydrogen) atoms. The summed E-state index contributed by atoms with van der Waals surface area (Å²) in [5.74, 6) is 4.97. The van der Waals surface area contributed by atoms with Crippen molar-refractivity contribution in [2.45, 2.75) is 38.5 Å². The molecule has 3 N–H and O–H groups in total. The zero-order valence-corrected chi connectivity index (χ0v) is 11.0. The molecule has 0 saturated carbocycles. The van der Waals surface area contributed by atoms with Crippen LogP contribution in [0.4, 0.5) is 0 Å². The molecule has 1 aliphatic heterocycles. The van der Waals surface area contributed by atoms with Crippen LogP contribution in [0, 0.1) is 0 Å². The number of hydrogen-bond donors (Lipinski definition) is 2. The number of nitrogens with two attached hydrogens (primary N) is 1. The van der Waals surface area contributed by atoms with Gasteiger partial charge >= 0.3 is 0 Å². The molecule has 0 aromatic carbocycles. The highest BCUT2D eigenvalue weighted by atomic mass is 16.5. The number of ether oxygens (including phenoxy) is 2.